The second-order valence-corrected chi connectivity index (χ2v) is 10.1. The fourth-order valence-corrected chi connectivity index (χ4v) is 5.13. The number of H-pyrrole nitrogens is 1. The molecule has 5 rings (SSSR count). The number of benzene rings is 1. The molecule has 0 aliphatic heterocycles. The largest absolute Gasteiger partial charge is 0.481 e. The van der Waals surface area contributed by atoms with Gasteiger partial charge in [-0.3, -0.25) is 4.79 Å². The summed E-state index contributed by atoms with van der Waals surface area (Å²) in [5.41, 5.74) is 3.59. The van der Waals surface area contributed by atoms with Crippen molar-refractivity contribution in [2.24, 2.45) is 5.92 Å². The van der Waals surface area contributed by atoms with Crippen molar-refractivity contribution in [2.45, 2.75) is 26.2 Å². The van der Waals surface area contributed by atoms with Gasteiger partial charge in [0.25, 0.3) is 5.91 Å². The first-order chi connectivity index (χ1) is 16.0. The summed E-state index contributed by atoms with van der Waals surface area (Å²) in [6.45, 7) is 3.34. The number of fused-ring (bicyclic) bond motifs is 1. The molecule has 0 spiro atoms. The van der Waals surface area contributed by atoms with Crippen LogP contribution in [0.25, 0.3) is 21.3 Å². The zero-order chi connectivity index (χ0) is 22.9. The molecule has 8 heteroatoms. The van der Waals surface area contributed by atoms with Crippen LogP contribution in [0.4, 0.5) is 0 Å². The van der Waals surface area contributed by atoms with Crippen molar-refractivity contribution in [1.82, 2.24) is 19.9 Å². The average Bonchev–Trinajstić information content (AvgIpc) is 3.43. The van der Waals surface area contributed by atoms with E-state index in [1.54, 1.807) is 13.3 Å². The van der Waals surface area contributed by atoms with Crippen LogP contribution in [0.5, 0.6) is 5.88 Å². The highest BCUT2D eigenvalue weighted by atomic mass is 35.5. The lowest BCUT2D eigenvalue weighted by molar-refractivity contribution is 0.0745. The van der Waals surface area contributed by atoms with E-state index < -0.39 is 0 Å². The van der Waals surface area contributed by atoms with Gasteiger partial charge in [-0.15, -0.1) is 11.3 Å². The Bertz CT molecular complexity index is 1290. The molecule has 33 heavy (non-hydrogen) atoms. The zero-order valence-electron chi connectivity index (χ0n) is 18.6. The number of rotatable bonds is 8. The number of amides is 1. The highest BCUT2D eigenvalue weighted by Gasteiger charge is 2.30. The van der Waals surface area contributed by atoms with Crippen molar-refractivity contribution < 1.29 is 9.53 Å². The Labute approximate surface area is 201 Å². The smallest absolute Gasteiger partial charge is 0.274 e. The van der Waals surface area contributed by atoms with E-state index in [0.717, 1.165) is 39.3 Å². The van der Waals surface area contributed by atoms with E-state index >= 15 is 0 Å². The number of aryl methyl sites for hydroxylation is 1. The Hall–Kier alpha value is -2.90. The lowest BCUT2D eigenvalue weighted by atomic mass is 10.1. The topological polar surface area (TPSA) is 71.1 Å². The molecule has 0 radical (unpaired) electrons. The van der Waals surface area contributed by atoms with Crippen LogP contribution in [0, 0.1) is 12.8 Å². The highest BCUT2D eigenvalue weighted by Crippen LogP contribution is 2.34. The minimum atomic E-state index is -0.0139. The molecule has 3 aromatic heterocycles. The summed E-state index contributed by atoms with van der Waals surface area (Å²) in [7, 11) is 1.59. The Kier molecular flexibility index (Phi) is 6.08. The molecule has 1 aliphatic carbocycles. The third-order valence-corrected chi connectivity index (χ3v) is 7.24. The molecular weight excluding hydrogens is 456 g/mol. The van der Waals surface area contributed by atoms with Gasteiger partial charge in [0.2, 0.25) is 5.88 Å². The highest BCUT2D eigenvalue weighted by molar-refractivity contribution is 7.15. The summed E-state index contributed by atoms with van der Waals surface area (Å²) in [4.78, 5) is 28.8. The number of hydrogen-bond acceptors (Lipinski definition) is 5. The summed E-state index contributed by atoms with van der Waals surface area (Å²) in [6.07, 6.45) is 6.89. The van der Waals surface area contributed by atoms with Crippen LogP contribution in [0.1, 0.15) is 33.9 Å². The fourth-order valence-electron chi connectivity index (χ4n) is 4.06. The predicted molar refractivity (Wildman–Crippen MR) is 132 cm³/mol. The molecule has 1 aliphatic rings. The number of ether oxygens (including phenoxy) is 1. The molecule has 1 aromatic carbocycles. The van der Waals surface area contributed by atoms with Crippen LogP contribution >= 0.6 is 22.9 Å². The molecule has 0 saturated heterocycles. The normalized spacial score (nSPS) is 13.4. The summed E-state index contributed by atoms with van der Waals surface area (Å²) < 4.78 is 5.17. The van der Waals surface area contributed by atoms with Crippen LogP contribution in [-0.4, -0.2) is 46.0 Å². The number of nitrogens with one attached hydrogen (secondary N) is 1. The van der Waals surface area contributed by atoms with Gasteiger partial charge in [0, 0.05) is 53.0 Å². The van der Waals surface area contributed by atoms with Crippen LogP contribution in [0.3, 0.4) is 0 Å². The van der Waals surface area contributed by atoms with Gasteiger partial charge in [0.15, 0.2) is 0 Å². The Morgan fingerprint density at radius 1 is 1.30 bits per heavy atom. The van der Waals surface area contributed by atoms with Gasteiger partial charge in [-0.2, -0.15) is 0 Å². The maximum Gasteiger partial charge on any atom is 0.274 e. The molecule has 1 amide bonds. The van der Waals surface area contributed by atoms with Crippen molar-refractivity contribution in [1.29, 1.82) is 0 Å². The number of carbonyl (C=O) groups excluding carboxylic acids is 1. The van der Waals surface area contributed by atoms with E-state index in [0.29, 0.717) is 29.1 Å². The SMILES string of the molecule is COc1ccc(-c2sc(C)nc2C(=O)N(CCc2c[nH]c3cc(Cl)ccc23)CC2CC2)cn1. The van der Waals surface area contributed by atoms with Gasteiger partial charge in [-0.05, 0) is 55.9 Å². The first-order valence-corrected chi connectivity index (χ1v) is 12.2. The molecule has 3 heterocycles. The van der Waals surface area contributed by atoms with E-state index in [9.17, 15) is 4.79 Å². The zero-order valence-corrected chi connectivity index (χ0v) is 20.2. The maximum absolute atomic E-state index is 13.7. The van der Waals surface area contributed by atoms with E-state index in [-0.39, 0.29) is 5.91 Å². The number of methoxy groups -OCH3 is 1. The lowest BCUT2D eigenvalue weighted by Gasteiger charge is -2.22. The van der Waals surface area contributed by atoms with Gasteiger partial charge < -0.3 is 14.6 Å². The molecule has 1 saturated carbocycles. The monoisotopic (exact) mass is 480 g/mol. The molecule has 0 bridgehead atoms. The number of halogens is 1. The van der Waals surface area contributed by atoms with Crippen LogP contribution in [0.15, 0.2) is 42.7 Å². The van der Waals surface area contributed by atoms with E-state index in [4.69, 9.17) is 16.3 Å². The van der Waals surface area contributed by atoms with Crippen molar-refractivity contribution >= 4 is 39.7 Å². The first-order valence-electron chi connectivity index (χ1n) is 11.0. The number of nitrogens with zero attached hydrogens (tertiary/aromatic N) is 3. The molecule has 6 nitrogen and oxygen atoms in total. The fraction of sp³-hybridized carbons (Fsp3) is 0.320. The molecular formula is C25H25ClN4O2S. The number of carbonyl (C=O) groups is 1. The maximum atomic E-state index is 13.7. The molecule has 1 fully saturated rings. The van der Waals surface area contributed by atoms with Gasteiger partial charge in [0.1, 0.15) is 5.69 Å². The Balaban J connectivity index is 1.40. The molecule has 4 aromatic rings. The second kappa shape index (κ2) is 9.15. The van der Waals surface area contributed by atoms with Crippen LogP contribution < -0.4 is 4.74 Å². The van der Waals surface area contributed by atoms with Crippen LogP contribution in [-0.2, 0) is 6.42 Å². The summed E-state index contributed by atoms with van der Waals surface area (Å²) in [5, 5.41) is 2.72. The molecule has 1 N–H and O–H groups in total. The van der Waals surface area contributed by atoms with E-state index in [2.05, 4.69) is 15.0 Å². The number of thiazole rings is 1. The quantitative estimate of drug-likeness (QED) is 0.348. The van der Waals surface area contributed by atoms with Gasteiger partial charge in [0.05, 0.1) is 17.0 Å². The Morgan fingerprint density at radius 3 is 2.88 bits per heavy atom. The van der Waals surface area contributed by atoms with E-state index in [1.165, 1.54) is 29.7 Å². The third-order valence-electron chi connectivity index (χ3n) is 5.99. The minimum absolute atomic E-state index is 0.0139. The van der Waals surface area contributed by atoms with Gasteiger partial charge >= 0.3 is 0 Å². The lowest BCUT2D eigenvalue weighted by Crippen LogP contribution is -2.35. The van der Waals surface area contributed by atoms with Gasteiger partial charge in [-0.25, -0.2) is 9.97 Å². The Morgan fingerprint density at radius 2 is 2.15 bits per heavy atom. The molecule has 0 unspecified atom stereocenters. The number of hydrogen-bond donors (Lipinski definition) is 1. The van der Waals surface area contributed by atoms with Crippen molar-refractivity contribution in [3.63, 3.8) is 0 Å². The molecule has 170 valence electrons. The number of aromatic amines is 1. The summed E-state index contributed by atoms with van der Waals surface area (Å²) in [6, 6.07) is 9.61. The number of pyridine rings is 1. The molecule has 0 atom stereocenters. The average molecular weight is 481 g/mol. The summed E-state index contributed by atoms with van der Waals surface area (Å²) >= 11 is 7.65. The van der Waals surface area contributed by atoms with Crippen molar-refractivity contribution in [3.05, 3.63) is 64.0 Å². The van der Waals surface area contributed by atoms with Crippen molar-refractivity contribution in [2.75, 3.05) is 20.2 Å². The number of aromatic nitrogens is 3. The van der Waals surface area contributed by atoms with Crippen LogP contribution in [0.2, 0.25) is 5.02 Å². The third kappa shape index (κ3) is 4.75. The summed E-state index contributed by atoms with van der Waals surface area (Å²) in [5.74, 6) is 1.12. The first kappa shape index (κ1) is 21.9. The van der Waals surface area contributed by atoms with Crippen molar-refractivity contribution in [3.8, 4) is 16.3 Å². The van der Waals surface area contributed by atoms with E-state index in [1.807, 2.05) is 48.4 Å². The minimum Gasteiger partial charge on any atom is -0.481 e. The second-order valence-electron chi connectivity index (χ2n) is 8.45. The predicted octanol–water partition coefficient (Wildman–Crippen LogP) is 5.75. The standard InChI is InChI=1S/C25H25ClN4O2S/c1-15-29-23(24(33-15)18-5-8-22(32-2)28-13-18)25(31)30(14-16-3-4-16)10-9-17-12-27-21-11-19(26)6-7-20(17)21/h5-8,11-13,16,27H,3-4,9-10,14H2,1-2H3. The van der Waals surface area contributed by atoms with Gasteiger partial charge in [-0.1, -0.05) is 17.7 Å².